The van der Waals surface area contributed by atoms with E-state index in [1.807, 2.05) is 26.8 Å². The topological polar surface area (TPSA) is 63.6 Å². The summed E-state index contributed by atoms with van der Waals surface area (Å²) < 4.78 is 18.2. The lowest BCUT2D eigenvalue weighted by Crippen LogP contribution is -2.27. The molecule has 0 amide bonds. The van der Waals surface area contributed by atoms with Gasteiger partial charge in [-0.2, -0.15) is 5.26 Å². The van der Waals surface area contributed by atoms with Crippen molar-refractivity contribution in [3.05, 3.63) is 52.5 Å². The maximum absolute atomic E-state index is 15.2. The highest BCUT2D eigenvalue weighted by molar-refractivity contribution is 5.84. The highest BCUT2D eigenvalue weighted by Crippen LogP contribution is 2.30. The first-order chi connectivity index (χ1) is 11.7. The van der Waals surface area contributed by atoms with Crippen molar-refractivity contribution in [1.29, 1.82) is 5.26 Å². The Labute approximate surface area is 145 Å². The van der Waals surface area contributed by atoms with Gasteiger partial charge in [0.05, 0.1) is 5.52 Å². The van der Waals surface area contributed by atoms with Crippen LogP contribution < -0.4 is 5.69 Å². The van der Waals surface area contributed by atoms with E-state index in [9.17, 15) is 10.1 Å². The molecule has 2 aromatic heterocycles. The van der Waals surface area contributed by atoms with E-state index in [1.165, 1.54) is 10.8 Å². The second kappa shape index (κ2) is 5.85. The molecule has 0 radical (unpaired) electrons. The molecule has 2 heterocycles. The van der Waals surface area contributed by atoms with E-state index in [0.717, 1.165) is 0 Å². The maximum atomic E-state index is 15.2. The molecule has 0 aliphatic rings. The van der Waals surface area contributed by atoms with E-state index in [1.54, 1.807) is 35.9 Å². The summed E-state index contributed by atoms with van der Waals surface area (Å²) in [5.41, 5.74) is 1.24. The monoisotopic (exact) mass is 338 g/mol. The van der Waals surface area contributed by atoms with Crippen molar-refractivity contribution >= 4 is 11.0 Å². The third-order valence-corrected chi connectivity index (χ3v) is 4.08. The fourth-order valence-electron chi connectivity index (χ4n) is 3.02. The molecule has 0 spiro atoms. The number of rotatable bonds is 2. The van der Waals surface area contributed by atoms with Gasteiger partial charge >= 0.3 is 5.69 Å². The molecule has 0 aliphatic carbocycles. The number of imidazole rings is 1. The molecule has 0 saturated heterocycles. The zero-order valence-electron chi connectivity index (χ0n) is 14.7. The van der Waals surface area contributed by atoms with Crippen LogP contribution in [0.15, 0.2) is 35.3 Å². The van der Waals surface area contributed by atoms with Crippen molar-refractivity contribution in [2.75, 3.05) is 0 Å². The number of hydrogen-bond donors (Lipinski definition) is 0. The molecule has 0 atom stereocenters. The number of aryl methyl sites for hydroxylation is 1. The fraction of sp³-hybridized carbons (Fsp3) is 0.316. The summed E-state index contributed by atoms with van der Waals surface area (Å²) in [5.74, 6) is -0.519. The fourth-order valence-corrected chi connectivity index (χ4v) is 3.02. The Morgan fingerprint density at radius 2 is 1.96 bits per heavy atom. The minimum Gasteiger partial charge on any atom is -0.292 e. The van der Waals surface area contributed by atoms with Gasteiger partial charge in [-0.15, -0.1) is 0 Å². The van der Waals surface area contributed by atoms with Crippen LogP contribution in [0.1, 0.15) is 26.5 Å². The molecule has 3 aromatic rings. The minimum atomic E-state index is -0.519. The van der Waals surface area contributed by atoms with Crippen LogP contribution in [0.5, 0.6) is 0 Å². The van der Waals surface area contributed by atoms with Crippen LogP contribution in [0.3, 0.4) is 0 Å². The van der Waals surface area contributed by atoms with Gasteiger partial charge in [-0.3, -0.25) is 9.13 Å². The van der Waals surface area contributed by atoms with E-state index in [0.29, 0.717) is 17.6 Å². The van der Waals surface area contributed by atoms with Gasteiger partial charge in [0.25, 0.3) is 0 Å². The Morgan fingerprint density at radius 1 is 1.24 bits per heavy atom. The summed E-state index contributed by atoms with van der Waals surface area (Å²) in [4.78, 5) is 16.6. The summed E-state index contributed by atoms with van der Waals surface area (Å²) >= 11 is 0. The summed E-state index contributed by atoms with van der Waals surface area (Å²) in [6, 6.07) is 8.63. The summed E-state index contributed by atoms with van der Waals surface area (Å²) in [5, 5.41) is 9.22. The van der Waals surface area contributed by atoms with Gasteiger partial charge in [0.15, 0.2) is 5.82 Å². The Balaban J connectivity index is 2.31. The summed E-state index contributed by atoms with van der Waals surface area (Å²) in [6.45, 7) is 6.56. The number of hydrogen-bond acceptors (Lipinski definition) is 3. The number of aromatic nitrogens is 3. The van der Waals surface area contributed by atoms with Crippen molar-refractivity contribution < 1.29 is 4.39 Å². The average Bonchev–Trinajstić information content (AvgIpc) is 2.79. The first-order valence-electron chi connectivity index (χ1n) is 7.98. The highest BCUT2D eigenvalue weighted by Gasteiger charge is 2.22. The number of halogens is 1. The van der Waals surface area contributed by atoms with Gasteiger partial charge < -0.3 is 0 Å². The Kier molecular flexibility index (Phi) is 3.96. The third kappa shape index (κ3) is 2.82. The number of nitrogens with zero attached hydrogens (tertiary/aromatic N) is 4. The molecular formula is C19H19FN4O. The average molecular weight is 338 g/mol. The van der Waals surface area contributed by atoms with Gasteiger partial charge in [-0.25, -0.2) is 14.2 Å². The lowest BCUT2D eigenvalue weighted by molar-refractivity contribution is 0.342. The van der Waals surface area contributed by atoms with E-state index in [-0.39, 0.29) is 27.9 Å². The van der Waals surface area contributed by atoms with Crippen LogP contribution in [-0.2, 0) is 13.6 Å². The number of nitriles is 1. The van der Waals surface area contributed by atoms with Crippen LogP contribution in [0.4, 0.5) is 4.39 Å². The van der Waals surface area contributed by atoms with Crippen molar-refractivity contribution in [3.8, 4) is 17.2 Å². The molecular weight excluding hydrogens is 319 g/mol. The minimum absolute atomic E-state index is 0.120. The molecule has 0 N–H and O–H groups in total. The van der Waals surface area contributed by atoms with Gasteiger partial charge in [-0.1, -0.05) is 20.8 Å². The number of pyridine rings is 1. The predicted molar refractivity (Wildman–Crippen MR) is 94.5 cm³/mol. The van der Waals surface area contributed by atoms with Crippen LogP contribution in [0.2, 0.25) is 0 Å². The van der Waals surface area contributed by atoms with Gasteiger partial charge in [0.2, 0.25) is 0 Å². The summed E-state index contributed by atoms with van der Waals surface area (Å²) in [7, 11) is 1.56. The summed E-state index contributed by atoms with van der Waals surface area (Å²) in [6.07, 6.45) is 1.49. The van der Waals surface area contributed by atoms with Gasteiger partial charge in [-0.05, 0) is 29.7 Å². The molecule has 0 fully saturated rings. The molecule has 5 nitrogen and oxygen atoms in total. The van der Waals surface area contributed by atoms with Crippen molar-refractivity contribution in [1.82, 2.24) is 14.1 Å². The van der Waals surface area contributed by atoms with Crippen LogP contribution in [0.25, 0.3) is 22.2 Å². The zero-order chi connectivity index (χ0) is 18.4. The Bertz CT molecular complexity index is 1060. The van der Waals surface area contributed by atoms with Crippen molar-refractivity contribution in [3.63, 3.8) is 0 Å². The quantitative estimate of drug-likeness (QED) is 0.719. The van der Waals surface area contributed by atoms with E-state index < -0.39 is 5.82 Å². The number of fused-ring (bicyclic) bond motifs is 1. The smallest absolute Gasteiger partial charge is 0.292 e. The largest absolute Gasteiger partial charge is 0.328 e. The van der Waals surface area contributed by atoms with Crippen LogP contribution in [0, 0.1) is 22.6 Å². The lowest BCUT2D eigenvalue weighted by atomic mass is 9.96. The predicted octanol–water partition coefficient (Wildman–Crippen LogP) is 3.46. The van der Waals surface area contributed by atoms with E-state index in [2.05, 4.69) is 4.98 Å². The molecule has 0 saturated carbocycles. The lowest BCUT2D eigenvalue weighted by Gasteiger charge is -2.18. The van der Waals surface area contributed by atoms with Gasteiger partial charge in [0, 0.05) is 30.9 Å². The normalized spacial score (nSPS) is 11.7. The molecule has 0 aliphatic heterocycles. The second-order valence-electron chi connectivity index (χ2n) is 7.29. The molecule has 25 heavy (non-hydrogen) atoms. The van der Waals surface area contributed by atoms with Gasteiger partial charge in [0.1, 0.15) is 17.3 Å². The molecule has 0 bridgehead atoms. The Morgan fingerprint density at radius 3 is 2.60 bits per heavy atom. The zero-order valence-corrected chi connectivity index (χ0v) is 14.7. The molecule has 128 valence electrons. The molecule has 3 rings (SSSR count). The standard InChI is InChI=1S/C19H19FN4O/c1-19(2,3)11-24-15-8-7-13(12-6-5-9-22-14(12)10-21)16(20)17(15)23(4)18(24)25/h5-9H,11H2,1-4H3. The van der Waals surface area contributed by atoms with Crippen molar-refractivity contribution in [2.24, 2.45) is 12.5 Å². The van der Waals surface area contributed by atoms with E-state index >= 15 is 4.39 Å². The first kappa shape index (κ1) is 16.9. The van der Waals surface area contributed by atoms with Crippen LogP contribution in [-0.4, -0.2) is 14.1 Å². The molecule has 0 unspecified atom stereocenters. The second-order valence-corrected chi connectivity index (χ2v) is 7.29. The van der Waals surface area contributed by atoms with Crippen LogP contribution >= 0.6 is 0 Å². The van der Waals surface area contributed by atoms with E-state index in [4.69, 9.17) is 0 Å². The highest BCUT2D eigenvalue weighted by atomic mass is 19.1. The maximum Gasteiger partial charge on any atom is 0.328 e. The SMILES string of the molecule is Cn1c(=O)n(CC(C)(C)C)c2ccc(-c3cccnc3C#N)c(F)c21. The Hall–Kier alpha value is -2.94. The first-order valence-corrected chi connectivity index (χ1v) is 7.98. The number of benzene rings is 1. The molecule has 6 heteroatoms. The third-order valence-electron chi connectivity index (χ3n) is 4.08. The molecule has 1 aromatic carbocycles. The van der Waals surface area contributed by atoms with Crippen molar-refractivity contribution in [2.45, 2.75) is 27.3 Å².